The van der Waals surface area contributed by atoms with Crippen molar-refractivity contribution in [2.75, 3.05) is 0 Å². The van der Waals surface area contributed by atoms with Gasteiger partial charge in [0.15, 0.2) is 0 Å². The van der Waals surface area contributed by atoms with E-state index in [0.29, 0.717) is 32.1 Å². The molecule has 9 heteroatoms. The summed E-state index contributed by atoms with van der Waals surface area (Å²) in [5, 5.41) is 29.3. The molecule has 4 fully saturated rings. The zero-order valence-electron chi connectivity index (χ0n) is 21.8. The molecule has 38 heavy (non-hydrogen) atoms. The monoisotopic (exact) mass is 548 g/mol. The second kappa shape index (κ2) is 11.0. The first-order valence-corrected chi connectivity index (χ1v) is 13.2. The molecule has 0 aromatic carbocycles. The number of aliphatic hydroxyl groups is 3. The number of allylic oxidation sites excluding steroid dienone is 3. The fourth-order valence-corrected chi connectivity index (χ4v) is 7.24. The third-order valence-electron chi connectivity index (χ3n) is 9.20. The zero-order chi connectivity index (χ0) is 28.6. The highest BCUT2D eigenvalue weighted by atomic mass is 19.4. The molecule has 0 aromatic heterocycles. The number of halogens is 6. The molecule has 0 heterocycles. The molecule has 0 spiro atoms. The molecule has 4 aliphatic carbocycles. The molecule has 0 unspecified atom stereocenters. The standard InChI is InChI=1S/C27H34F6O3.C2H4/c1-23-9-2-4-18(6-5-17-14-19(34)16-20(35)15-17)21(23)7-8-22(23)24(12-13-24)10-3-11-25(36,26(28,29)30)27(31,32)33;1-2/h5-6,19-22,34-36H,2,4,7-10,12-16H2,1H3;1-2H2/b18-6+;/t19-,20-,21+,22+,23+;/m1./s1. The van der Waals surface area contributed by atoms with Crippen LogP contribution in [0.2, 0.25) is 0 Å². The topological polar surface area (TPSA) is 60.7 Å². The summed E-state index contributed by atoms with van der Waals surface area (Å²) < 4.78 is 78.0. The maximum atomic E-state index is 13.0. The Bertz CT molecular complexity index is 955. The summed E-state index contributed by atoms with van der Waals surface area (Å²) in [5.41, 5.74) is -3.25. The van der Waals surface area contributed by atoms with E-state index in [1.54, 1.807) is 0 Å². The summed E-state index contributed by atoms with van der Waals surface area (Å²) in [7, 11) is 0. The lowest BCUT2D eigenvalue weighted by Crippen LogP contribution is -2.55. The summed E-state index contributed by atoms with van der Waals surface area (Å²) in [6.45, 7) is 8.19. The van der Waals surface area contributed by atoms with Crippen molar-refractivity contribution in [1.29, 1.82) is 0 Å². The molecular weight excluding hydrogens is 510 g/mol. The number of rotatable bonds is 3. The summed E-state index contributed by atoms with van der Waals surface area (Å²) in [6, 6.07) is 0. The van der Waals surface area contributed by atoms with E-state index < -0.39 is 35.6 Å². The van der Waals surface area contributed by atoms with Crippen molar-refractivity contribution >= 4 is 0 Å². The van der Waals surface area contributed by atoms with Crippen LogP contribution in [0, 0.1) is 34.5 Å². The van der Waals surface area contributed by atoms with Crippen LogP contribution in [-0.2, 0) is 0 Å². The smallest absolute Gasteiger partial charge is 0.393 e. The van der Waals surface area contributed by atoms with Gasteiger partial charge >= 0.3 is 18.0 Å². The Morgan fingerprint density at radius 2 is 1.53 bits per heavy atom. The highest BCUT2D eigenvalue weighted by molar-refractivity contribution is 5.28. The van der Waals surface area contributed by atoms with Gasteiger partial charge in [-0.25, -0.2) is 0 Å². The average Bonchev–Trinajstić information content (AvgIpc) is 3.49. The van der Waals surface area contributed by atoms with Crippen molar-refractivity contribution in [1.82, 2.24) is 0 Å². The quantitative estimate of drug-likeness (QED) is 0.207. The van der Waals surface area contributed by atoms with Crippen molar-refractivity contribution in [2.24, 2.45) is 22.7 Å². The molecule has 0 amide bonds. The molecule has 0 radical (unpaired) electrons. The second-order valence-corrected chi connectivity index (χ2v) is 11.6. The van der Waals surface area contributed by atoms with Crippen LogP contribution in [0.1, 0.15) is 77.6 Å². The number of hydrogen-bond acceptors (Lipinski definition) is 3. The Labute approximate surface area is 220 Å². The Balaban J connectivity index is 0.00000195. The summed E-state index contributed by atoms with van der Waals surface area (Å²) in [6.07, 6.45) is -1.47. The first-order chi connectivity index (χ1) is 17.6. The number of aliphatic hydroxyl groups excluding tert-OH is 2. The molecule has 3 N–H and O–H groups in total. The van der Waals surface area contributed by atoms with E-state index in [-0.39, 0.29) is 23.7 Å². The van der Waals surface area contributed by atoms with Crippen molar-refractivity contribution in [3.63, 3.8) is 0 Å². The zero-order valence-corrected chi connectivity index (χ0v) is 21.8. The van der Waals surface area contributed by atoms with Crippen LogP contribution in [0.15, 0.2) is 36.5 Å². The molecule has 0 bridgehead atoms. The van der Waals surface area contributed by atoms with Gasteiger partial charge in [0.1, 0.15) is 0 Å². The minimum atomic E-state index is -5.93. The van der Waals surface area contributed by atoms with Crippen molar-refractivity contribution in [3.05, 3.63) is 36.5 Å². The van der Waals surface area contributed by atoms with Crippen LogP contribution < -0.4 is 0 Å². The van der Waals surface area contributed by atoms with E-state index >= 15 is 0 Å². The van der Waals surface area contributed by atoms with E-state index in [4.69, 9.17) is 0 Å². The molecule has 3 nitrogen and oxygen atoms in total. The predicted octanol–water partition coefficient (Wildman–Crippen LogP) is 6.79. The molecule has 5 atom stereocenters. The highest BCUT2D eigenvalue weighted by Gasteiger charge is 2.70. The van der Waals surface area contributed by atoms with Gasteiger partial charge in [-0.1, -0.05) is 36.1 Å². The van der Waals surface area contributed by atoms with E-state index in [1.807, 2.05) is 6.08 Å². The maximum absolute atomic E-state index is 13.0. The van der Waals surface area contributed by atoms with Gasteiger partial charge < -0.3 is 15.3 Å². The first-order valence-electron chi connectivity index (χ1n) is 13.2. The fourth-order valence-electron chi connectivity index (χ4n) is 7.24. The van der Waals surface area contributed by atoms with Gasteiger partial charge in [0.05, 0.1) is 12.2 Å². The molecule has 0 saturated heterocycles. The fraction of sp³-hybridized carbons (Fsp3) is 0.724. The van der Waals surface area contributed by atoms with Crippen LogP contribution in [0.4, 0.5) is 26.3 Å². The van der Waals surface area contributed by atoms with Crippen LogP contribution in [0.5, 0.6) is 0 Å². The average molecular weight is 549 g/mol. The largest absolute Gasteiger partial charge is 0.438 e. The second-order valence-electron chi connectivity index (χ2n) is 11.6. The molecule has 4 saturated carbocycles. The van der Waals surface area contributed by atoms with E-state index in [9.17, 15) is 41.7 Å². The van der Waals surface area contributed by atoms with Crippen LogP contribution in [0.3, 0.4) is 0 Å². The lowest BCUT2D eigenvalue weighted by molar-refractivity contribution is -0.343. The van der Waals surface area contributed by atoms with Crippen LogP contribution >= 0.6 is 0 Å². The number of fused-ring (bicyclic) bond motifs is 1. The molecular formula is C29H38F6O3. The van der Waals surface area contributed by atoms with Gasteiger partial charge in [-0.15, -0.1) is 13.2 Å². The normalized spacial score (nSPS) is 33.9. The van der Waals surface area contributed by atoms with Crippen LogP contribution in [-0.4, -0.2) is 45.5 Å². The van der Waals surface area contributed by atoms with E-state index in [1.165, 1.54) is 5.57 Å². The highest BCUT2D eigenvalue weighted by Crippen LogP contribution is 2.69. The number of hydrogen-bond donors (Lipinski definition) is 3. The molecule has 4 aliphatic rings. The summed E-state index contributed by atoms with van der Waals surface area (Å²) in [4.78, 5) is 0. The lowest BCUT2D eigenvalue weighted by atomic mass is 9.59. The van der Waals surface area contributed by atoms with Gasteiger partial charge in [-0.2, -0.15) is 26.3 Å². The van der Waals surface area contributed by atoms with E-state index in [2.05, 4.69) is 32.1 Å². The molecule has 0 aliphatic heterocycles. The summed E-state index contributed by atoms with van der Waals surface area (Å²) in [5.74, 6) is 3.68. The minimum Gasteiger partial charge on any atom is -0.393 e. The molecule has 4 rings (SSSR count). The lowest BCUT2D eigenvalue weighted by Gasteiger charge is -2.45. The van der Waals surface area contributed by atoms with Gasteiger partial charge in [-0.05, 0) is 92.8 Å². The molecule has 0 aromatic rings. The minimum absolute atomic E-state index is 0.0900. The molecule has 214 valence electrons. The SMILES string of the molecule is C=C.C[C@]12CCC/C(=C\C=C3C[C@@H](O)C[C@H](O)C3)[C@@H]1CC[C@@H]2C1(CC#CC(O)(C(F)(F)F)C(F)(F)F)CC1. The third kappa shape index (κ3) is 5.88. The van der Waals surface area contributed by atoms with Gasteiger partial charge in [0, 0.05) is 6.42 Å². The third-order valence-corrected chi connectivity index (χ3v) is 9.20. The van der Waals surface area contributed by atoms with Gasteiger partial charge in [0.2, 0.25) is 0 Å². The summed E-state index contributed by atoms with van der Waals surface area (Å²) >= 11 is 0. The van der Waals surface area contributed by atoms with Crippen molar-refractivity contribution < 1.29 is 41.7 Å². The Morgan fingerprint density at radius 1 is 0.947 bits per heavy atom. The Morgan fingerprint density at radius 3 is 2.05 bits per heavy atom. The maximum Gasteiger partial charge on any atom is 0.438 e. The van der Waals surface area contributed by atoms with Gasteiger partial charge in [0.25, 0.3) is 0 Å². The van der Waals surface area contributed by atoms with Gasteiger partial charge in [-0.3, -0.25) is 0 Å². The van der Waals surface area contributed by atoms with Crippen LogP contribution in [0.25, 0.3) is 0 Å². The van der Waals surface area contributed by atoms with Crippen molar-refractivity contribution in [2.45, 2.75) is 108 Å². The Kier molecular flexibility index (Phi) is 8.92. The number of alkyl halides is 6. The van der Waals surface area contributed by atoms with Crippen molar-refractivity contribution in [3.8, 4) is 11.8 Å². The first kappa shape index (κ1) is 30.8. The Hall–Kier alpha value is -1.76. The van der Waals surface area contributed by atoms with E-state index in [0.717, 1.165) is 43.6 Å². The predicted molar refractivity (Wildman–Crippen MR) is 133 cm³/mol.